The summed E-state index contributed by atoms with van der Waals surface area (Å²) in [4.78, 5) is 14.1. The normalized spacial score (nSPS) is 10.3. The quantitative estimate of drug-likeness (QED) is 0.583. The molecule has 6 heteroatoms. The molecule has 1 heterocycles. The predicted molar refractivity (Wildman–Crippen MR) is 101 cm³/mol. The molecule has 0 bridgehead atoms. The first-order valence-corrected chi connectivity index (χ1v) is 8.67. The Kier molecular flexibility index (Phi) is 5.74. The molecule has 0 aliphatic heterocycles. The molecule has 2 aromatic rings. The van der Waals surface area contributed by atoms with E-state index < -0.39 is 0 Å². The number of amides is 1. The van der Waals surface area contributed by atoms with Crippen LogP contribution in [0.2, 0.25) is 0 Å². The number of carbonyl (C=O) groups is 1. The van der Waals surface area contributed by atoms with Crippen molar-refractivity contribution in [1.29, 1.82) is 0 Å². The highest BCUT2D eigenvalue weighted by Gasteiger charge is 2.11. The van der Waals surface area contributed by atoms with Gasteiger partial charge in [0.05, 0.1) is 4.88 Å². The highest BCUT2D eigenvalue weighted by molar-refractivity contribution is 7.80. The highest BCUT2D eigenvalue weighted by Crippen LogP contribution is 2.22. The first kappa shape index (κ1) is 17.4. The fraction of sp³-hybridized carbons (Fsp3) is 0.294. The van der Waals surface area contributed by atoms with Gasteiger partial charge in [0.15, 0.2) is 5.11 Å². The number of anilines is 1. The second-order valence-electron chi connectivity index (χ2n) is 5.42. The van der Waals surface area contributed by atoms with Crippen molar-refractivity contribution in [3.8, 4) is 0 Å². The fourth-order valence-electron chi connectivity index (χ4n) is 2.18. The lowest BCUT2D eigenvalue weighted by atomic mass is 10.1. The lowest BCUT2D eigenvalue weighted by Crippen LogP contribution is -2.43. The molecule has 0 saturated carbocycles. The van der Waals surface area contributed by atoms with E-state index in [0.717, 1.165) is 28.8 Å². The van der Waals surface area contributed by atoms with Crippen molar-refractivity contribution >= 4 is 40.3 Å². The lowest BCUT2D eigenvalue weighted by molar-refractivity contribution is 0.0948. The molecule has 122 valence electrons. The minimum absolute atomic E-state index is 0.178. The van der Waals surface area contributed by atoms with Crippen LogP contribution >= 0.6 is 23.6 Å². The van der Waals surface area contributed by atoms with E-state index in [1.54, 1.807) is 0 Å². The zero-order valence-electron chi connectivity index (χ0n) is 13.7. The van der Waals surface area contributed by atoms with Crippen molar-refractivity contribution in [3.63, 3.8) is 0 Å². The molecule has 0 aliphatic rings. The number of thiophene rings is 1. The number of hydrazine groups is 1. The Labute approximate surface area is 146 Å². The number of rotatable bonds is 3. The summed E-state index contributed by atoms with van der Waals surface area (Å²) in [5, 5.41) is 3.45. The number of thiocarbonyl (C=S) groups is 1. The molecule has 0 spiro atoms. The van der Waals surface area contributed by atoms with E-state index in [2.05, 4.69) is 23.1 Å². The molecular formula is C17H21N3OS2. The van der Waals surface area contributed by atoms with E-state index in [0.29, 0.717) is 9.99 Å². The number of benzene rings is 1. The fourth-order valence-corrected chi connectivity index (χ4v) is 3.35. The minimum atomic E-state index is -0.178. The van der Waals surface area contributed by atoms with E-state index in [1.807, 2.05) is 45.0 Å². The summed E-state index contributed by atoms with van der Waals surface area (Å²) in [6.07, 6.45) is 0.934. The minimum Gasteiger partial charge on any atom is -0.331 e. The van der Waals surface area contributed by atoms with Gasteiger partial charge in [-0.2, -0.15) is 0 Å². The number of hydrogen-bond acceptors (Lipinski definition) is 3. The summed E-state index contributed by atoms with van der Waals surface area (Å²) in [6, 6.07) is 7.99. The SMILES string of the molecule is CCc1sc(C(=O)NNC(=S)Nc2cc(C)ccc2C)cc1C. The topological polar surface area (TPSA) is 53.2 Å². The average Bonchev–Trinajstić information content (AvgIpc) is 2.89. The van der Waals surface area contributed by atoms with Crippen LogP contribution in [0.3, 0.4) is 0 Å². The standard InChI is InChI=1S/C17H21N3OS2/c1-5-14-12(4)9-15(23-14)16(21)19-20-17(22)18-13-8-10(2)6-7-11(13)3/h6-9H,5H2,1-4H3,(H,19,21)(H2,18,20,22). The van der Waals surface area contributed by atoms with Gasteiger partial charge in [-0.1, -0.05) is 19.1 Å². The van der Waals surface area contributed by atoms with Crippen LogP contribution in [-0.4, -0.2) is 11.0 Å². The lowest BCUT2D eigenvalue weighted by Gasteiger charge is -2.13. The van der Waals surface area contributed by atoms with E-state index in [-0.39, 0.29) is 5.91 Å². The maximum Gasteiger partial charge on any atom is 0.279 e. The zero-order valence-corrected chi connectivity index (χ0v) is 15.4. The molecule has 0 radical (unpaired) electrons. The summed E-state index contributed by atoms with van der Waals surface area (Å²) in [5.41, 5.74) is 9.70. The summed E-state index contributed by atoms with van der Waals surface area (Å²) in [5.74, 6) is -0.178. The van der Waals surface area contributed by atoms with Gasteiger partial charge in [-0.15, -0.1) is 11.3 Å². The molecule has 0 saturated heterocycles. The third kappa shape index (κ3) is 4.53. The number of carbonyl (C=O) groups excluding carboxylic acids is 1. The van der Waals surface area contributed by atoms with Gasteiger partial charge in [0.2, 0.25) is 0 Å². The molecule has 3 N–H and O–H groups in total. The van der Waals surface area contributed by atoms with E-state index in [9.17, 15) is 4.79 Å². The summed E-state index contributed by atoms with van der Waals surface area (Å²) < 4.78 is 0. The summed E-state index contributed by atoms with van der Waals surface area (Å²) in [7, 11) is 0. The summed E-state index contributed by atoms with van der Waals surface area (Å²) in [6.45, 7) is 8.13. The molecule has 4 nitrogen and oxygen atoms in total. The van der Waals surface area contributed by atoms with Crippen molar-refractivity contribution in [1.82, 2.24) is 10.9 Å². The Bertz CT molecular complexity index is 737. The molecule has 0 atom stereocenters. The van der Waals surface area contributed by atoms with Crippen LogP contribution in [0.1, 0.15) is 38.2 Å². The maximum absolute atomic E-state index is 12.2. The third-order valence-corrected chi connectivity index (χ3v) is 5.08. The Balaban J connectivity index is 1.93. The predicted octanol–water partition coefficient (Wildman–Crippen LogP) is 3.87. The Morgan fingerprint density at radius 1 is 1.13 bits per heavy atom. The zero-order chi connectivity index (χ0) is 17.0. The van der Waals surface area contributed by atoms with Crippen LogP contribution in [0, 0.1) is 20.8 Å². The van der Waals surface area contributed by atoms with Gasteiger partial charge in [-0.25, -0.2) is 0 Å². The average molecular weight is 348 g/mol. The molecule has 1 aromatic carbocycles. The Hall–Kier alpha value is -1.92. The van der Waals surface area contributed by atoms with Crippen molar-refractivity contribution < 1.29 is 4.79 Å². The second kappa shape index (κ2) is 7.57. The highest BCUT2D eigenvalue weighted by atomic mass is 32.1. The van der Waals surface area contributed by atoms with Crippen LogP contribution in [-0.2, 0) is 6.42 Å². The van der Waals surface area contributed by atoms with Crippen molar-refractivity contribution in [3.05, 3.63) is 50.7 Å². The smallest absolute Gasteiger partial charge is 0.279 e. The molecular weight excluding hydrogens is 326 g/mol. The van der Waals surface area contributed by atoms with Crippen LogP contribution in [0.15, 0.2) is 24.3 Å². The Morgan fingerprint density at radius 3 is 2.52 bits per heavy atom. The van der Waals surface area contributed by atoms with Gasteiger partial charge in [0.1, 0.15) is 0 Å². The van der Waals surface area contributed by atoms with Crippen LogP contribution in [0.5, 0.6) is 0 Å². The first-order chi connectivity index (χ1) is 10.9. The largest absolute Gasteiger partial charge is 0.331 e. The van der Waals surface area contributed by atoms with Crippen LogP contribution in [0.4, 0.5) is 5.69 Å². The van der Waals surface area contributed by atoms with E-state index >= 15 is 0 Å². The van der Waals surface area contributed by atoms with E-state index in [1.165, 1.54) is 16.2 Å². The van der Waals surface area contributed by atoms with Crippen molar-refractivity contribution in [2.45, 2.75) is 34.1 Å². The van der Waals surface area contributed by atoms with Gasteiger partial charge in [-0.3, -0.25) is 15.6 Å². The second-order valence-corrected chi connectivity index (χ2v) is 6.97. The molecule has 0 unspecified atom stereocenters. The van der Waals surface area contributed by atoms with Gasteiger partial charge in [-0.05, 0) is 68.2 Å². The Morgan fingerprint density at radius 2 is 1.87 bits per heavy atom. The molecule has 2 rings (SSSR count). The van der Waals surface area contributed by atoms with Gasteiger partial charge in [0, 0.05) is 10.6 Å². The van der Waals surface area contributed by atoms with Crippen LogP contribution in [0.25, 0.3) is 0 Å². The molecule has 0 fully saturated rings. The van der Waals surface area contributed by atoms with Gasteiger partial charge < -0.3 is 5.32 Å². The molecule has 1 amide bonds. The molecule has 1 aromatic heterocycles. The number of nitrogens with one attached hydrogen (secondary N) is 3. The van der Waals surface area contributed by atoms with Crippen molar-refractivity contribution in [2.24, 2.45) is 0 Å². The van der Waals surface area contributed by atoms with Gasteiger partial charge in [0.25, 0.3) is 5.91 Å². The van der Waals surface area contributed by atoms with Crippen LogP contribution < -0.4 is 16.2 Å². The van der Waals surface area contributed by atoms with E-state index in [4.69, 9.17) is 12.2 Å². The maximum atomic E-state index is 12.2. The third-order valence-electron chi connectivity index (χ3n) is 3.50. The van der Waals surface area contributed by atoms with Crippen molar-refractivity contribution in [2.75, 3.05) is 5.32 Å². The molecule has 23 heavy (non-hydrogen) atoms. The summed E-state index contributed by atoms with van der Waals surface area (Å²) >= 11 is 6.74. The van der Waals surface area contributed by atoms with Gasteiger partial charge >= 0.3 is 0 Å². The molecule has 0 aliphatic carbocycles. The first-order valence-electron chi connectivity index (χ1n) is 7.44. The number of aryl methyl sites for hydroxylation is 4. The monoisotopic (exact) mass is 347 g/mol. The number of hydrogen-bond donors (Lipinski definition) is 3.